The maximum atomic E-state index is 12.1. The van der Waals surface area contributed by atoms with Crippen molar-refractivity contribution in [2.45, 2.75) is 20.4 Å². The molecule has 0 atom stereocenters. The second-order valence-corrected chi connectivity index (χ2v) is 5.48. The molecule has 1 aromatic carbocycles. The monoisotopic (exact) mass is 314 g/mol. The molecule has 0 aliphatic heterocycles. The highest BCUT2D eigenvalue weighted by Crippen LogP contribution is 2.18. The Morgan fingerprint density at radius 2 is 2.05 bits per heavy atom. The van der Waals surface area contributed by atoms with Crippen molar-refractivity contribution in [3.8, 4) is 11.3 Å². The lowest BCUT2D eigenvalue weighted by Crippen LogP contribution is -2.23. The minimum atomic E-state index is -0.177. The number of amides is 1. The van der Waals surface area contributed by atoms with Crippen LogP contribution in [0.3, 0.4) is 0 Å². The summed E-state index contributed by atoms with van der Waals surface area (Å²) < 4.78 is 8.85. The predicted molar refractivity (Wildman–Crippen MR) is 82.5 cm³/mol. The molecule has 0 unspecified atom stereocenters. The number of rotatable bonds is 4. The molecule has 6 nitrogen and oxygen atoms in total. The molecule has 0 aliphatic rings. The Labute approximate surface area is 131 Å². The van der Waals surface area contributed by atoms with Crippen LogP contribution in [-0.4, -0.2) is 20.7 Å². The van der Waals surface area contributed by atoms with Gasteiger partial charge in [-0.15, -0.1) is 5.10 Å². The van der Waals surface area contributed by atoms with Crippen LogP contribution in [-0.2, 0) is 6.54 Å². The standard InChI is InChI=1S/C15H14N4O2S/c1-9-14(10(2)21-18-9)15(20)16-7-11-3-5-12(6-4-11)13-8-22-19-17-13/h3-6,8H,7H2,1-2H3,(H,16,20). The van der Waals surface area contributed by atoms with E-state index in [4.69, 9.17) is 4.52 Å². The van der Waals surface area contributed by atoms with Crippen LogP contribution < -0.4 is 5.32 Å². The van der Waals surface area contributed by atoms with E-state index in [2.05, 4.69) is 20.1 Å². The van der Waals surface area contributed by atoms with Crippen LogP contribution in [0.4, 0.5) is 0 Å². The van der Waals surface area contributed by atoms with Crippen molar-refractivity contribution >= 4 is 17.4 Å². The van der Waals surface area contributed by atoms with E-state index in [1.165, 1.54) is 11.5 Å². The maximum absolute atomic E-state index is 12.1. The Balaban J connectivity index is 1.66. The van der Waals surface area contributed by atoms with Gasteiger partial charge in [0, 0.05) is 17.5 Å². The van der Waals surface area contributed by atoms with Gasteiger partial charge in [-0.2, -0.15) is 0 Å². The first-order valence-electron chi connectivity index (χ1n) is 6.72. The third kappa shape index (κ3) is 2.89. The van der Waals surface area contributed by atoms with Crippen molar-refractivity contribution in [3.63, 3.8) is 0 Å². The molecule has 3 rings (SSSR count). The summed E-state index contributed by atoms with van der Waals surface area (Å²) in [4.78, 5) is 12.1. The molecule has 22 heavy (non-hydrogen) atoms. The second-order valence-electron chi connectivity index (χ2n) is 4.87. The predicted octanol–water partition coefficient (Wildman–Crippen LogP) is 2.74. The van der Waals surface area contributed by atoms with Crippen molar-refractivity contribution in [2.75, 3.05) is 0 Å². The van der Waals surface area contributed by atoms with Crippen molar-refractivity contribution in [3.05, 3.63) is 52.2 Å². The van der Waals surface area contributed by atoms with E-state index in [0.717, 1.165) is 16.8 Å². The summed E-state index contributed by atoms with van der Waals surface area (Å²) in [5, 5.41) is 12.6. The molecule has 1 N–H and O–H groups in total. The third-order valence-corrected chi connectivity index (χ3v) is 3.83. The zero-order valence-corrected chi connectivity index (χ0v) is 13.0. The summed E-state index contributed by atoms with van der Waals surface area (Å²) in [6, 6.07) is 7.85. The Bertz CT molecular complexity index is 759. The Kier molecular flexibility index (Phi) is 3.97. The second kappa shape index (κ2) is 6.07. The van der Waals surface area contributed by atoms with Crippen molar-refractivity contribution in [2.24, 2.45) is 0 Å². The van der Waals surface area contributed by atoms with E-state index >= 15 is 0 Å². The van der Waals surface area contributed by atoms with Crippen molar-refractivity contribution in [1.82, 2.24) is 20.1 Å². The molecule has 0 aliphatic carbocycles. The van der Waals surface area contributed by atoms with Crippen molar-refractivity contribution < 1.29 is 9.32 Å². The molecule has 0 spiro atoms. The number of hydrogen-bond donors (Lipinski definition) is 1. The lowest BCUT2D eigenvalue weighted by atomic mass is 10.1. The SMILES string of the molecule is Cc1noc(C)c1C(=O)NCc1ccc(-c2csnn2)cc1. The fourth-order valence-corrected chi connectivity index (χ4v) is 2.63. The topological polar surface area (TPSA) is 80.9 Å². The van der Waals surface area contributed by atoms with Gasteiger partial charge in [0.1, 0.15) is 17.0 Å². The quantitative estimate of drug-likeness (QED) is 0.801. The lowest BCUT2D eigenvalue weighted by Gasteiger charge is -2.05. The van der Waals surface area contributed by atoms with Gasteiger partial charge >= 0.3 is 0 Å². The molecule has 112 valence electrons. The number of aromatic nitrogens is 3. The van der Waals surface area contributed by atoms with E-state index in [9.17, 15) is 4.79 Å². The molecule has 3 aromatic rings. The number of carbonyl (C=O) groups is 1. The lowest BCUT2D eigenvalue weighted by molar-refractivity contribution is 0.0949. The molecular weight excluding hydrogens is 300 g/mol. The van der Waals surface area contributed by atoms with E-state index in [0.29, 0.717) is 23.6 Å². The summed E-state index contributed by atoms with van der Waals surface area (Å²) >= 11 is 1.32. The van der Waals surface area contributed by atoms with E-state index in [1.54, 1.807) is 13.8 Å². The normalized spacial score (nSPS) is 10.6. The molecular formula is C15H14N4O2S. The van der Waals surface area contributed by atoms with Crippen LogP contribution in [0.1, 0.15) is 27.4 Å². The average molecular weight is 314 g/mol. The van der Waals surface area contributed by atoms with Gasteiger partial charge in [-0.1, -0.05) is 33.9 Å². The molecule has 0 fully saturated rings. The first kappa shape index (κ1) is 14.4. The van der Waals surface area contributed by atoms with Crippen LogP contribution in [0.15, 0.2) is 34.2 Å². The van der Waals surface area contributed by atoms with Gasteiger partial charge in [-0.05, 0) is 30.9 Å². The maximum Gasteiger partial charge on any atom is 0.257 e. The Morgan fingerprint density at radius 3 is 2.64 bits per heavy atom. The minimum absolute atomic E-state index is 0.177. The smallest absolute Gasteiger partial charge is 0.257 e. The Morgan fingerprint density at radius 1 is 1.27 bits per heavy atom. The van der Waals surface area contributed by atoms with Gasteiger partial charge in [0.05, 0.1) is 5.69 Å². The number of carbonyl (C=O) groups excluding carboxylic acids is 1. The van der Waals surface area contributed by atoms with Crippen LogP contribution in [0, 0.1) is 13.8 Å². The van der Waals surface area contributed by atoms with Gasteiger partial charge in [0.25, 0.3) is 5.91 Å². The van der Waals surface area contributed by atoms with Crippen LogP contribution >= 0.6 is 11.5 Å². The third-order valence-electron chi connectivity index (χ3n) is 3.32. The van der Waals surface area contributed by atoms with E-state index < -0.39 is 0 Å². The first-order chi connectivity index (χ1) is 10.6. The Hall–Kier alpha value is -2.54. The van der Waals surface area contributed by atoms with Crippen molar-refractivity contribution in [1.29, 1.82) is 0 Å². The van der Waals surface area contributed by atoms with Gasteiger partial charge in [-0.25, -0.2) is 0 Å². The van der Waals surface area contributed by atoms with E-state index in [1.807, 2.05) is 29.6 Å². The van der Waals surface area contributed by atoms with Crippen LogP contribution in [0.5, 0.6) is 0 Å². The van der Waals surface area contributed by atoms with Crippen LogP contribution in [0.25, 0.3) is 11.3 Å². The number of benzene rings is 1. The number of nitrogens with one attached hydrogen (secondary N) is 1. The molecule has 0 radical (unpaired) electrons. The first-order valence-corrected chi connectivity index (χ1v) is 7.56. The molecule has 0 saturated heterocycles. The highest BCUT2D eigenvalue weighted by molar-refractivity contribution is 7.03. The molecule has 2 aromatic heterocycles. The fourth-order valence-electron chi connectivity index (χ4n) is 2.16. The molecule has 0 bridgehead atoms. The number of aryl methyl sites for hydroxylation is 2. The number of hydrogen-bond acceptors (Lipinski definition) is 6. The van der Waals surface area contributed by atoms with Gasteiger partial charge < -0.3 is 9.84 Å². The summed E-state index contributed by atoms with van der Waals surface area (Å²) in [7, 11) is 0. The minimum Gasteiger partial charge on any atom is -0.361 e. The molecule has 7 heteroatoms. The zero-order chi connectivity index (χ0) is 15.5. The highest BCUT2D eigenvalue weighted by Gasteiger charge is 2.16. The molecule has 2 heterocycles. The van der Waals surface area contributed by atoms with E-state index in [-0.39, 0.29) is 5.91 Å². The van der Waals surface area contributed by atoms with Gasteiger partial charge in [0.15, 0.2) is 0 Å². The highest BCUT2D eigenvalue weighted by atomic mass is 32.1. The molecule has 1 amide bonds. The number of nitrogens with zero attached hydrogens (tertiary/aromatic N) is 3. The summed E-state index contributed by atoms with van der Waals surface area (Å²) in [6.07, 6.45) is 0. The van der Waals surface area contributed by atoms with Gasteiger partial charge in [0.2, 0.25) is 0 Å². The fraction of sp³-hybridized carbons (Fsp3) is 0.200. The largest absolute Gasteiger partial charge is 0.361 e. The summed E-state index contributed by atoms with van der Waals surface area (Å²) in [5.41, 5.74) is 3.98. The van der Waals surface area contributed by atoms with Crippen LogP contribution in [0.2, 0.25) is 0 Å². The molecule has 0 saturated carbocycles. The summed E-state index contributed by atoms with van der Waals surface area (Å²) in [6.45, 7) is 3.92. The summed E-state index contributed by atoms with van der Waals surface area (Å²) in [5.74, 6) is 0.352. The van der Waals surface area contributed by atoms with Gasteiger partial charge in [-0.3, -0.25) is 4.79 Å². The average Bonchev–Trinajstić information content (AvgIpc) is 3.16. The zero-order valence-electron chi connectivity index (χ0n) is 12.2.